The molecule has 0 aromatic heterocycles. The van der Waals surface area contributed by atoms with Gasteiger partial charge in [-0.3, -0.25) is 14.6 Å². The first-order chi connectivity index (χ1) is 11.7. The highest BCUT2D eigenvalue weighted by atomic mass is 19.4. The summed E-state index contributed by atoms with van der Waals surface area (Å²) in [6.45, 7) is 1.20. The maximum Gasteiger partial charge on any atom is 0.422 e. The molecule has 0 saturated carbocycles. The second-order valence-corrected chi connectivity index (χ2v) is 6.36. The molecule has 0 bridgehead atoms. The molecule has 1 N–H and O–H groups in total. The van der Waals surface area contributed by atoms with E-state index in [9.17, 15) is 18.0 Å². The number of carboxylic acids is 1. The fourth-order valence-corrected chi connectivity index (χ4v) is 2.98. The molecule has 1 saturated heterocycles. The molecule has 25 heavy (non-hydrogen) atoms. The van der Waals surface area contributed by atoms with Crippen LogP contribution in [-0.4, -0.2) is 66.4 Å². The van der Waals surface area contributed by atoms with Crippen molar-refractivity contribution >= 4 is 5.97 Å². The van der Waals surface area contributed by atoms with Crippen molar-refractivity contribution in [3.63, 3.8) is 0 Å². The van der Waals surface area contributed by atoms with E-state index in [0.717, 1.165) is 38.0 Å². The van der Waals surface area contributed by atoms with Crippen LogP contribution < -0.4 is 4.74 Å². The van der Waals surface area contributed by atoms with E-state index in [1.807, 2.05) is 11.9 Å². The summed E-state index contributed by atoms with van der Waals surface area (Å²) in [4.78, 5) is 14.9. The second-order valence-electron chi connectivity index (χ2n) is 6.36. The molecule has 0 aliphatic carbocycles. The number of hydrogen-bond donors (Lipinski definition) is 1. The predicted octanol–water partition coefficient (Wildman–Crippen LogP) is 2.61. The number of aliphatic carboxylic acids is 1. The number of likely N-dealkylation sites (N-methyl/N-ethyl adjacent to an activating group) is 1. The van der Waals surface area contributed by atoms with Crippen molar-refractivity contribution in [1.82, 2.24) is 9.80 Å². The van der Waals surface area contributed by atoms with Gasteiger partial charge in [0.15, 0.2) is 6.61 Å². The highest BCUT2D eigenvalue weighted by molar-refractivity contribution is 5.69. The Morgan fingerprint density at radius 3 is 2.40 bits per heavy atom. The maximum absolute atomic E-state index is 12.1. The standard InChI is InChI=1S/C17H23F3N2O3/c1-21(11-16(23)24)14-6-8-22(9-7-14)10-13-2-4-15(5-3-13)25-12-17(18,19)20/h2-5,14H,6-12H2,1H3,(H,23,24). The van der Waals surface area contributed by atoms with E-state index in [1.54, 1.807) is 24.3 Å². The van der Waals surface area contributed by atoms with Crippen LogP contribution in [0.1, 0.15) is 18.4 Å². The number of hydrogen-bond acceptors (Lipinski definition) is 4. The van der Waals surface area contributed by atoms with Crippen molar-refractivity contribution in [2.75, 3.05) is 33.3 Å². The fourth-order valence-electron chi connectivity index (χ4n) is 2.98. The lowest BCUT2D eigenvalue weighted by atomic mass is 10.0. The van der Waals surface area contributed by atoms with E-state index in [0.29, 0.717) is 0 Å². The van der Waals surface area contributed by atoms with Gasteiger partial charge in [0.2, 0.25) is 0 Å². The maximum atomic E-state index is 12.1. The molecule has 1 aromatic rings. The summed E-state index contributed by atoms with van der Waals surface area (Å²) < 4.78 is 41.1. The van der Waals surface area contributed by atoms with Crippen LogP contribution in [0.3, 0.4) is 0 Å². The molecule has 0 unspecified atom stereocenters. The van der Waals surface area contributed by atoms with Crippen molar-refractivity contribution in [3.8, 4) is 5.75 Å². The minimum absolute atomic E-state index is 0.0457. The second kappa shape index (κ2) is 8.53. The normalized spacial score (nSPS) is 17.0. The largest absolute Gasteiger partial charge is 0.484 e. The number of rotatable bonds is 7. The van der Waals surface area contributed by atoms with Gasteiger partial charge >= 0.3 is 12.1 Å². The van der Waals surface area contributed by atoms with Crippen molar-refractivity contribution in [1.29, 1.82) is 0 Å². The number of carbonyl (C=O) groups is 1. The number of nitrogens with zero attached hydrogens (tertiary/aromatic N) is 2. The Labute approximate surface area is 145 Å². The van der Waals surface area contributed by atoms with Gasteiger partial charge in [-0.05, 0) is 50.7 Å². The molecule has 2 rings (SSSR count). The molecule has 0 radical (unpaired) electrons. The molecule has 1 heterocycles. The number of carboxylic acid groups (broad SMARTS) is 1. The van der Waals surface area contributed by atoms with Crippen LogP contribution in [-0.2, 0) is 11.3 Å². The molecule has 0 spiro atoms. The minimum Gasteiger partial charge on any atom is -0.484 e. The Morgan fingerprint density at radius 1 is 1.28 bits per heavy atom. The Morgan fingerprint density at radius 2 is 1.88 bits per heavy atom. The van der Waals surface area contributed by atoms with Gasteiger partial charge in [0.25, 0.3) is 0 Å². The van der Waals surface area contributed by atoms with E-state index in [-0.39, 0.29) is 18.3 Å². The molecule has 1 fully saturated rings. The summed E-state index contributed by atoms with van der Waals surface area (Å²) in [5, 5.41) is 8.84. The number of likely N-dealkylation sites (tertiary alicyclic amines) is 1. The van der Waals surface area contributed by atoms with Gasteiger partial charge in [0.1, 0.15) is 5.75 Å². The van der Waals surface area contributed by atoms with Gasteiger partial charge in [-0.2, -0.15) is 13.2 Å². The van der Waals surface area contributed by atoms with Crippen LogP contribution in [0, 0.1) is 0 Å². The fraction of sp³-hybridized carbons (Fsp3) is 0.588. The third-order valence-corrected chi connectivity index (χ3v) is 4.30. The molecule has 1 aliphatic heterocycles. The van der Waals surface area contributed by atoms with E-state index < -0.39 is 18.8 Å². The Bertz CT molecular complexity index is 555. The van der Waals surface area contributed by atoms with Crippen LogP contribution in [0.25, 0.3) is 0 Å². The minimum atomic E-state index is -4.34. The molecule has 0 amide bonds. The van der Waals surface area contributed by atoms with E-state index in [1.165, 1.54) is 0 Å². The average Bonchev–Trinajstić information content (AvgIpc) is 2.53. The van der Waals surface area contributed by atoms with E-state index >= 15 is 0 Å². The number of benzene rings is 1. The topological polar surface area (TPSA) is 53.0 Å². The van der Waals surface area contributed by atoms with Crippen molar-refractivity contribution in [3.05, 3.63) is 29.8 Å². The zero-order valence-corrected chi connectivity index (χ0v) is 14.1. The first-order valence-electron chi connectivity index (χ1n) is 8.16. The molecule has 1 aliphatic rings. The van der Waals surface area contributed by atoms with Gasteiger partial charge in [-0.15, -0.1) is 0 Å². The molecule has 140 valence electrons. The molecular formula is C17H23F3N2O3. The summed E-state index contributed by atoms with van der Waals surface area (Å²) in [6.07, 6.45) is -2.54. The summed E-state index contributed by atoms with van der Waals surface area (Å²) >= 11 is 0. The number of ether oxygens (including phenoxy) is 1. The highest BCUT2D eigenvalue weighted by Gasteiger charge is 2.28. The van der Waals surface area contributed by atoms with Gasteiger partial charge in [-0.1, -0.05) is 12.1 Å². The monoisotopic (exact) mass is 360 g/mol. The third-order valence-electron chi connectivity index (χ3n) is 4.30. The quantitative estimate of drug-likeness (QED) is 0.810. The first-order valence-corrected chi connectivity index (χ1v) is 8.16. The van der Waals surface area contributed by atoms with Crippen molar-refractivity contribution < 1.29 is 27.8 Å². The van der Waals surface area contributed by atoms with Gasteiger partial charge in [0, 0.05) is 12.6 Å². The van der Waals surface area contributed by atoms with Crippen molar-refractivity contribution in [2.24, 2.45) is 0 Å². The molecule has 5 nitrogen and oxygen atoms in total. The summed E-state index contributed by atoms with van der Waals surface area (Å²) in [5.41, 5.74) is 1.01. The number of alkyl halides is 3. The lowest BCUT2D eigenvalue weighted by Gasteiger charge is -2.36. The summed E-state index contributed by atoms with van der Waals surface area (Å²) in [5.74, 6) is -0.618. The average molecular weight is 360 g/mol. The molecular weight excluding hydrogens is 337 g/mol. The molecule has 8 heteroatoms. The van der Waals surface area contributed by atoms with Crippen LogP contribution in [0.5, 0.6) is 5.75 Å². The summed E-state index contributed by atoms with van der Waals surface area (Å²) in [7, 11) is 1.83. The van der Waals surface area contributed by atoms with Gasteiger partial charge < -0.3 is 9.84 Å². The summed E-state index contributed by atoms with van der Waals surface area (Å²) in [6, 6.07) is 6.91. The lowest BCUT2D eigenvalue weighted by Crippen LogP contribution is -2.44. The number of halogens is 3. The molecule has 0 atom stereocenters. The Balaban J connectivity index is 1.77. The molecule has 1 aromatic carbocycles. The Hall–Kier alpha value is -1.80. The first kappa shape index (κ1) is 19.5. The zero-order chi connectivity index (χ0) is 18.4. The Kier molecular flexibility index (Phi) is 6.66. The number of piperidine rings is 1. The SMILES string of the molecule is CN(CC(=O)O)C1CCN(Cc2ccc(OCC(F)(F)F)cc2)CC1. The third kappa shape index (κ3) is 6.91. The van der Waals surface area contributed by atoms with E-state index in [4.69, 9.17) is 9.84 Å². The smallest absolute Gasteiger partial charge is 0.422 e. The van der Waals surface area contributed by atoms with Crippen LogP contribution in [0.15, 0.2) is 24.3 Å². The van der Waals surface area contributed by atoms with Crippen LogP contribution in [0.4, 0.5) is 13.2 Å². The zero-order valence-electron chi connectivity index (χ0n) is 14.1. The van der Waals surface area contributed by atoms with Crippen molar-refractivity contribution in [2.45, 2.75) is 31.6 Å². The highest BCUT2D eigenvalue weighted by Crippen LogP contribution is 2.21. The van der Waals surface area contributed by atoms with Crippen LogP contribution in [0.2, 0.25) is 0 Å². The van der Waals surface area contributed by atoms with Gasteiger partial charge in [-0.25, -0.2) is 0 Å². The lowest BCUT2D eigenvalue weighted by molar-refractivity contribution is -0.153. The van der Waals surface area contributed by atoms with Crippen LogP contribution >= 0.6 is 0 Å². The van der Waals surface area contributed by atoms with Gasteiger partial charge in [0.05, 0.1) is 6.54 Å². The predicted molar refractivity (Wildman–Crippen MR) is 86.6 cm³/mol. The van der Waals surface area contributed by atoms with E-state index in [2.05, 4.69) is 4.90 Å².